The van der Waals surface area contributed by atoms with Crippen molar-refractivity contribution in [1.29, 1.82) is 0 Å². The molecule has 0 saturated carbocycles. The molecule has 4 heterocycles. The fraction of sp³-hybridized carbons (Fsp3) is 0.125. The van der Waals surface area contributed by atoms with Crippen LogP contribution in [0.4, 0.5) is 5.69 Å². The predicted molar refractivity (Wildman–Crippen MR) is 96.6 cm³/mol. The zero-order valence-electron chi connectivity index (χ0n) is 14.0. The number of H-pyrrole nitrogens is 1. The van der Waals surface area contributed by atoms with Gasteiger partial charge in [0.1, 0.15) is 16.9 Å². The smallest absolute Gasteiger partial charge is 0.267 e. The molecule has 0 aromatic carbocycles. The van der Waals surface area contributed by atoms with Crippen molar-refractivity contribution in [2.45, 2.75) is 6.92 Å². The number of aromatic amines is 1. The van der Waals surface area contributed by atoms with Gasteiger partial charge in [-0.05, 0) is 19.1 Å². The first kappa shape index (κ1) is 16.1. The standard InChI is InChI=1S/C16H14N8OS/c1-9-13(26-16(20-9)14-18-8-19-22-14)15(25)21-11-7-24(2)23-12(11)10-5-3-4-6-17-10/h3-8H,1-2H3,(H,21,25)(H,18,19,22). The average Bonchev–Trinajstić information content (AvgIpc) is 3.35. The van der Waals surface area contributed by atoms with Crippen LogP contribution in [0.1, 0.15) is 15.4 Å². The third-order valence-electron chi connectivity index (χ3n) is 3.60. The number of aryl methyl sites for hydroxylation is 2. The summed E-state index contributed by atoms with van der Waals surface area (Å²) >= 11 is 1.25. The maximum atomic E-state index is 12.8. The van der Waals surface area contributed by atoms with Crippen molar-refractivity contribution in [2.24, 2.45) is 7.05 Å². The molecule has 26 heavy (non-hydrogen) atoms. The average molecular weight is 366 g/mol. The highest BCUT2D eigenvalue weighted by Gasteiger charge is 2.20. The molecule has 1 amide bonds. The molecule has 0 unspecified atom stereocenters. The topological polar surface area (TPSA) is 114 Å². The van der Waals surface area contributed by atoms with Gasteiger partial charge in [-0.25, -0.2) is 9.97 Å². The highest BCUT2D eigenvalue weighted by atomic mass is 32.1. The van der Waals surface area contributed by atoms with Crippen LogP contribution in [0, 0.1) is 6.92 Å². The Labute approximate surface area is 152 Å². The lowest BCUT2D eigenvalue weighted by Gasteiger charge is -2.04. The number of anilines is 1. The van der Waals surface area contributed by atoms with Gasteiger partial charge in [-0.2, -0.15) is 10.2 Å². The monoisotopic (exact) mass is 366 g/mol. The fourth-order valence-corrected chi connectivity index (χ4v) is 3.38. The molecule has 4 aromatic rings. The maximum Gasteiger partial charge on any atom is 0.267 e. The van der Waals surface area contributed by atoms with Crippen LogP contribution in [0.3, 0.4) is 0 Å². The number of carbonyl (C=O) groups is 1. The summed E-state index contributed by atoms with van der Waals surface area (Å²) < 4.78 is 1.64. The van der Waals surface area contributed by atoms with E-state index in [0.717, 1.165) is 0 Å². The van der Waals surface area contributed by atoms with Gasteiger partial charge >= 0.3 is 0 Å². The van der Waals surface area contributed by atoms with E-state index in [2.05, 4.69) is 35.6 Å². The lowest BCUT2D eigenvalue weighted by atomic mass is 10.2. The zero-order chi connectivity index (χ0) is 18.1. The predicted octanol–water partition coefficient (Wildman–Crippen LogP) is 2.28. The van der Waals surface area contributed by atoms with Crippen LogP contribution < -0.4 is 5.32 Å². The molecule has 10 heteroatoms. The molecule has 0 aliphatic rings. The molecule has 0 saturated heterocycles. The van der Waals surface area contributed by atoms with E-state index in [4.69, 9.17) is 0 Å². The molecule has 9 nitrogen and oxygen atoms in total. The third kappa shape index (κ3) is 2.97. The zero-order valence-corrected chi connectivity index (χ0v) is 14.8. The summed E-state index contributed by atoms with van der Waals surface area (Å²) in [6.45, 7) is 1.79. The lowest BCUT2D eigenvalue weighted by Crippen LogP contribution is -2.11. The van der Waals surface area contributed by atoms with Crippen molar-refractivity contribution in [1.82, 2.24) is 34.9 Å². The number of nitrogens with one attached hydrogen (secondary N) is 2. The molecule has 2 N–H and O–H groups in total. The number of hydrogen-bond acceptors (Lipinski definition) is 7. The van der Waals surface area contributed by atoms with E-state index in [-0.39, 0.29) is 5.91 Å². The SMILES string of the molecule is Cc1nc(-c2ncn[nH]2)sc1C(=O)Nc1cn(C)nc1-c1ccccn1. The lowest BCUT2D eigenvalue weighted by molar-refractivity contribution is 0.103. The van der Waals surface area contributed by atoms with Crippen molar-refractivity contribution in [2.75, 3.05) is 5.32 Å². The van der Waals surface area contributed by atoms with Crippen molar-refractivity contribution in [3.05, 3.63) is 47.5 Å². The van der Waals surface area contributed by atoms with Crippen LogP contribution in [0.2, 0.25) is 0 Å². The molecule has 130 valence electrons. The molecule has 4 rings (SSSR count). The van der Waals surface area contributed by atoms with E-state index >= 15 is 0 Å². The van der Waals surface area contributed by atoms with Crippen LogP contribution in [-0.2, 0) is 7.05 Å². The summed E-state index contributed by atoms with van der Waals surface area (Å²) in [5, 5.41) is 14.5. The van der Waals surface area contributed by atoms with Gasteiger partial charge in [0, 0.05) is 19.4 Å². The minimum absolute atomic E-state index is 0.254. The van der Waals surface area contributed by atoms with Crippen LogP contribution in [0.5, 0.6) is 0 Å². The number of thiazole rings is 1. The number of hydrogen-bond donors (Lipinski definition) is 2. The number of nitrogens with zero attached hydrogens (tertiary/aromatic N) is 6. The summed E-state index contributed by atoms with van der Waals surface area (Å²) in [5.74, 6) is 0.281. The summed E-state index contributed by atoms with van der Waals surface area (Å²) in [4.78, 5) is 26.0. The minimum Gasteiger partial charge on any atom is -0.318 e. The van der Waals surface area contributed by atoms with Gasteiger partial charge in [0.05, 0.1) is 17.1 Å². The van der Waals surface area contributed by atoms with Crippen LogP contribution in [0.25, 0.3) is 22.2 Å². The highest BCUT2D eigenvalue weighted by Crippen LogP contribution is 2.28. The summed E-state index contributed by atoms with van der Waals surface area (Å²) in [5.41, 5.74) is 2.51. The Morgan fingerprint density at radius 3 is 2.92 bits per heavy atom. The first-order valence-corrected chi connectivity index (χ1v) is 8.53. The van der Waals surface area contributed by atoms with Gasteiger partial charge in [0.2, 0.25) is 0 Å². The Hall–Kier alpha value is -3.40. The van der Waals surface area contributed by atoms with Crippen LogP contribution in [0.15, 0.2) is 36.9 Å². The number of carbonyl (C=O) groups excluding carboxylic acids is 1. The molecular weight excluding hydrogens is 352 g/mol. The Kier molecular flexibility index (Phi) is 4.01. The van der Waals surface area contributed by atoms with E-state index in [1.54, 1.807) is 31.0 Å². The number of aromatic nitrogens is 7. The summed E-state index contributed by atoms with van der Waals surface area (Å²) in [7, 11) is 1.79. The fourth-order valence-electron chi connectivity index (χ4n) is 2.47. The van der Waals surface area contributed by atoms with Crippen molar-refractivity contribution >= 4 is 22.9 Å². The minimum atomic E-state index is -0.254. The van der Waals surface area contributed by atoms with Crippen molar-refractivity contribution < 1.29 is 4.79 Å². The second-order valence-electron chi connectivity index (χ2n) is 5.50. The van der Waals surface area contributed by atoms with Gasteiger partial charge in [0.15, 0.2) is 10.8 Å². The van der Waals surface area contributed by atoms with Crippen LogP contribution >= 0.6 is 11.3 Å². The van der Waals surface area contributed by atoms with Gasteiger partial charge in [0.25, 0.3) is 5.91 Å². The Balaban J connectivity index is 1.64. The molecule has 4 aromatic heterocycles. The van der Waals surface area contributed by atoms with Gasteiger partial charge < -0.3 is 5.32 Å². The quantitative estimate of drug-likeness (QED) is 0.573. The largest absolute Gasteiger partial charge is 0.318 e. The van der Waals surface area contributed by atoms with E-state index in [1.165, 1.54) is 17.7 Å². The maximum absolute atomic E-state index is 12.8. The molecular formula is C16H14N8OS. The van der Waals surface area contributed by atoms with E-state index in [9.17, 15) is 4.79 Å². The van der Waals surface area contributed by atoms with E-state index < -0.39 is 0 Å². The number of rotatable bonds is 4. The Morgan fingerprint density at radius 1 is 1.31 bits per heavy atom. The Morgan fingerprint density at radius 2 is 2.19 bits per heavy atom. The second-order valence-corrected chi connectivity index (χ2v) is 6.50. The van der Waals surface area contributed by atoms with E-state index in [0.29, 0.717) is 38.5 Å². The van der Waals surface area contributed by atoms with Gasteiger partial charge in [-0.3, -0.25) is 19.6 Å². The molecule has 0 aliphatic heterocycles. The second kappa shape index (κ2) is 6.48. The summed E-state index contributed by atoms with van der Waals surface area (Å²) in [6.07, 6.45) is 4.84. The summed E-state index contributed by atoms with van der Waals surface area (Å²) in [6, 6.07) is 5.55. The first-order chi connectivity index (χ1) is 12.6. The van der Waals surface area contributed by atoms with Crippen molar-refractivity contribution in [3.63, 3.8) is 0 Å². The number of pyridine rings is 1. The van der Waals surface area contributed by atoms with Crippen LogP contribution in [-0.4, -0.2) is 40.8 Å². The van der Waals surface area contributed by atoms with Gasteiger partial charge in [-0.1, -0.05) is 6.07 Å². The Bertz CT molecular complexity index is 1050. The highest BCUT2D eigenvalue weighted by molar-refractivity contribution is 7.17. The molecule has 0 fully saturated rings. The first-order valence-electron chi connectivity index (χ1n) is 7.71. The molecule has 0 atom stereocenters. The number of amides is 1. The third-order valence-corrected chi connectivity index (χ3v) is 4.77. The van der Waals surface area contributed by atoms with Gasteiger partial charge in [-0.15, -0.1) is 11.3 Å². The normalized spacial score (nSPS) is 10.8. The van der Waals surface area contributed by atoms with E-state index in [1.807, 2.05) is 18.2 Å². The molecule has 0 bridgehead atoms. The molecule has 0 radical (unpaired) electrons. The molecule has 0 spiro atoms. The van der Waals surface area contributed by atoms with Crippen molar-refractivity contribution in [3.8, 4) is 22.2 Å². The molecule has 0 aliphatic carbocycles.